The molecule has 2 saturated carbocycles. The molecule has 1 N–H and O–H groups in total. The third-order valence-corrected chi connectivity index (χ3v) is 4.76. The van der Waals surface area contributed by atoms with Crippen LogP contribution in [0.3, 0.4) is 0 Å². The molecule has 3 atom stereocenters. The van der Waals surface area contributed by atoms with Gasteiger partial charge in [0.2, 0.25) is 0 Å². The monoisotopic (exact) mass is 230 g/mol. The van der Waals surface area contributed by atoms with Gasteiger partial charge >= 0.3 is 0 Å². The summed E-state index contributed by atoms with van der Waals surface area (Å²) in [5.41, 5.74) is 3.95. The molecule has 2 fully saturated rings. The Morgan fingerprint density at radius 2 is 1.88 bits per heavy atom. The standard InChI is InChI=1S/C16H22O/c1-10-3-4-11(2)12(5-10)9-16(17)15-7-13-6-14(13)8-15/h3-5,13-17H,6-9H2,1-2H3. The molecular weight excluding hydrogens is 208 g/mol. The molecule has 0 amide bonds. The van der Waals surface area contributed by atoms with Crippen LogP contribution in [0.15, 0.2) is 18.2 Å². The molecule has 2 aliphatic carbocycles. The van der Waals surface area contributed by atoms with E-state index in [2.05, 4.69) is 32.0 Å². The molecule has 0 saturated heterocycles. The highest BCUT2D eigenvalue weighted by Gasteiger charge is 2.47. The lowest BCUT2D eigenvalue weighted by atomic mass is 9.90. The highest BCUT2D eigenvalue weighted by Crippen LogP contribution is 2.55. The molecule has 92 valence electrons. The molecular formula is C16H22O. The van der Waals surface area contributed by atoms with Crippen LogP contribution in [-0.2, 0) is 6.42 Å². The molecule has 0 bridgehead atoms. The summed E-state index contributed by atoms with van der Waals surface area (Å²) in [4.78, 5) is 0. The van der Waals surface area contributed by atoms with Crippen LogP contribution in [0.2, 0.25) is 0 Å². The van der Waals surface area contributed by atoms with E-state index in [-0.39, 0.29) is 6.10 Å². The maximum atomic E-state index is 10.4. The van der Waals surface area contributed by atoms with E-state index in [4.69, 9.17) is 0 Å². The molecule has 0 aromatic heterocycles. The summed E-state index contributed by atoms with van der Waals surface area (Å²) in [5.74, 6) is 2.50. The van der Waals surface area contributed by atoms with Gasteiger partial charge in [-0.1, -0.05) is 23.8 Å². The first-order chi connectivity index (χ1) is 8.13. The average molecular weight is 230 g/mol. The average Bonchev–Trinajstić information content (AvgIpc) is 2.91. The smallest absolute Gasteiger partial charge is 0.0609 e. The Morgan fingerprint density at radius 3 is 2.59 bits per heavy atom. The third kappa shape index (κ3) is 2.26. The second kappa shape index (κ2) is 4.13. The van der Waals surface area contributed by atoms with E-state index in [1.165, 1.54) is 36.0 Å². The van der Waals surface area contributed by atoms with E-state index >= 15 is 0 Å². The number of hydrogen-bond acceptors (Lipinski definition) is 1. The van der Waals surface area contributed by atoms with Crippen molar-refractivity contribution >= 4 is 0 Å². The van der Waals surface area contributed by atoms with Gasteiger partial charge in [0.1, 0.15) is 0 Å². The van der Waals surface area contributed by atoms with Gasteiger partial charge in [0.05, 0.1) is 6.10 Å². The van der Waals surface area contributed by atoms with Crippen LogP contribution < -0.4 is 0 Å². The van der Waals surface area contributed by atoms with Crippen molar-refractivity contribution in [3.8, 4) is 0 Å². The molecule has 0 radical (unpaired) electrons. The molecule has 1 aromatic carbocycles. The second-order valence-electron chi connectivity index (χ2n) is 6.19. The van der Waals surface area contributed by atoms with Gasteiger partial charge in [-0.15, -0.1) is 0 Å². The minimum atomic E-state index is -0.122. The number of benzene rings is 1. The molecule has 17 heavy (non-hydrogen) atoms. The molecule has 3 rings (SSSR count). The highest BCUT2D eigenvalue weighted by atomic mass is 16.3. The number of aliphatic hydroxyl groups is 1. The van der Waals surface area contributed by atoms with E-state index in [1.54, 1.807) is 0 Å². The van der Waals surface area contributed by atoms with Gasteiger partial charge < -0.3 is 5.11 Å². The van der Waals surface area contributed by atoms with Crippen molar-refractivity contribution in [2.45, 2.75) is 45.6 Å². The van der Waals surface area contributed by atoms with E-state index < -0.39 is 0 Å². The fraction of sp³-hybridized carbons (Fsp3) is 0.625. The van der Waals surface area contributed by atoms with Gasteiger partial charge in [-0.2, -0.15) is 0 Å². The van der Waals surface area contributed by atoms with Crippen LogP contribution >= 0.6 is 0 Å². The lowest BCUT2D eigenvalue weighted by Gasteiger charge is -2.20. The van der Waals surface area contributed by atoms with Crippen molar-refractivity contribution in [2.75, 3.05) is 0 Å². The molecule has 1 nitrogen and oxygen atoms in total. The van der Waals surface area contributed by atoms with Crippen LogP contribution in [0.1, 0.15) is 36.0 Å². The predicted molar refractivity (Wildman–Crippen MR) is 69.9 cm³/mol. The molecule has 1 heteroatoms. The molecule has 0 aliphatic heterocycles. The highest BCUT2D eigenvalue weighted by molar-refractivity contribution is 5.31. The van der Waals surface area contributed by atoms with Crippen molar-refractivity contribution in [3.63, 3.8) is 0 Å². The Balaban J connectivity index is 1.67. The zero-order valence-electron chi connectivity index (χ0n) is 10.8. The Labute approximate surface area is 104 Å². The van der Waals surface area contributed by atoms with Crippen LogP contribution in [0.5, 0.6) is 0 Å². The molecule has 0 spiro atoms. The number of rotatable bonds is 3. The lowest BCUT2D eigenvalue weighted by molar-refractivity contribution is 0.104. The number of fused-ring (bicyclic) bond motifs is 1. The maximum Gasteiger partial charge on any atom is 0.0609 e. The number of aliphatic hydroxyl groups excluding tert-OH is 1. The van der Waals surface area contributed by atoms with Gasteiger partial charge in [-0.3, -0.25) is 0 Å². The fourth-order valence-electron chi connectivity index (χ4n) is 3.49. The van der Waals surface area contributed by atoms with Gasteiger partial charge in [-0.05, 0) is 68.4 Å². The summed E-state index contributed by atoms with van der Waals surface area (Å²) in [7, 11) is 0. The summed E-state index contributed by atoms with van der Waals surface area (Å²) in [6, 6.07) is 6.55. The molecule has 2 aliphatic rings. The van der Waals surface area contributed by atoms with Crippen LogP contribution in [-0.4, -0.2) is 11.2 Å². The first-order valence-electron chi connectivity index (χ1n) is 6.87. The van der Waals surface area contributed by atoms with Gasteiger partial charge in [0, 0.05) is 0 Å². The Morgan fingerprint density at radius 1 is 1.18 bits per heavy atom. The minimum Gasteiger partial charge on any atom is -0.392 e. The van der Waals surface area contributed by atoms with Crippen LogP contribution in [0, 0.1) is 31.6 Å². The zero-order chi connectivity index (χ0) is 12.0. The van der Waals surface area contributed by atoms with Crippen LogP contribution in [0.4, 0.5) is 0 Å². The topological polar surface area (TPSA) is 20.2 Å². The van der Waals surface area contributed by atoms with E-state index in [0.717, 1.165) is 18.3 Å². The largest absolute Gasteiger partial charge is 0.392 e. The quantitative estimate of drug-likeness (QED) is 0.845. The molecule has 1 aromatic rings. The Kier molecular flexibility index (Phi) is 2.74. The molecule has 3 unspecified atom stereocenters. The fourth-order valence-corrected chi connectivity index (χ4v) is 3.49. The predicted octanol–water partition coefficient (Wildman–Crippen LogP) is 3.25. The number of hydrogen-bond donors (Lipinski definition) is 1. The SMILES string of the molecule is Cc1ccc(C)c(CC(O)C2CC3CC3C2)c1. The summed E-state index contributed by atoms with van der Waals surface area (Å²) < 4.78 is 0. The van der Waals surface area contributed by atoms with Crippen molar-refractivity contribution in [1.82, 2.24) is 0 Å². The first kappa shape index (κ1) is 11.3. The second-order valence-corrected chi connectivity index (χ2v) is 6.19. The van der Waals surface area contributed by atoms with Gasteiger partial charge in [0.25, 0.3) is 0 Å². The van der Waals surface area contributed by atoms with E-state index in [9.17, 15) is 5.11 Å². The Bertz CT molecular complexity index is 414. The van der Waals surface area contributed by atoms with Crippen molar-refractivity contribution in [1.29, 1.82) is 0 Å². The summed E-state index contributed by atoms with van der Waals surface area (Å²) in [5, 5.41) is 10.4. The normalized spacial score (nSPS) is 32.3. The van der Waals surface area contributed by atoms with E-state index in [0.29, 0.717) is 5.92 Å². The number of aryl methyl sites for hydroxylation is 2. The van der Waals surface area contributed by atoms with E-state index in [1.807, 2.05) is 0 Å². The zero-order valence-corrected chi connectivity index (χ0v) is 10.8. The van der Waals surface area contributed by atoms with Crippen LogP contribution in [0.25, 0.3) is 0 Å². The lowest BCUT2D eigenvalue weighted by Crippen LogP contribution is -2.22. The third-order valence-electron chi connectivity index (χ3n) is 4.76. The minimum absolute atomic E-state index is 0.122. The van der Waals surface area contributed by atoms with Crippen molar-refractivity contribution < 1.29 is 5.11 Å². The Hall–Kier alpha value is -0.820. The summed E-state index contributed by atoms with van der Waals surface area (Å²) in [6.07, 6.45) is 4.71. The first-order valence-corrected chi connectivity index (χ1v) is 6.87. The van der Waals surface area contributed by atoms with Gasteiger partial charge in [0.15, 0.2) is 0 Å². The van der Waals surface area contributed by atoms with Gasteiger partial charge in [-0.25, -0.2) is 0 Å². The summed E-state index contributed by atoms with van der Waals surface area (Å²) >= 11 is 0. The summed E-state index contributed by atoms with van der Waals surface area (Å²) in [6.45, 7) is 4.27. The van der Waals surface area contributed by atoms with Crippen molar-refractivity contribution in [3.05, 3.63) is 34.9 Å². The maximum absolute atomic E-state index is 10.4. The molecule has 0 heterocycles. The van der Waals surface area contributed by atoms with Crippen molar-refractivity contribution in [2.24, 2.45) is 17.8 Å².